The molecule has 1 aromatic heterocycles. The zero-order valence-corrected chi connectivity index (χ0v) is 14.3. The number of anilines is 1. The lowest BCUT2D eigenvalue weighted by atomic mass is 9.89. The van der Waals surface area contributed by atoms with Crippen molar-refractivity contribution in [2.24, 2.45) is 0 Å². The van der Waals surface area contributed by atoms with Gasteiger partial charge in [-0.3, -0.25) is 4.79 Å². The minimum atomic E-state index is -0.354. The van der Waals surface area contributed by atoms with Gasteiger partial charge in [0.25, 0.3) is 0 Å². The highest BCUT2D eigenvalue weighted by atomic mass is 32.2. The van der Waals surface area contributed by atoms with E-state index in [-0.39, 0.29) is 11.4 Å². The molecular formula is C18H19N3OS. The van der Waals surface area contributed by atoms with Crippen LogP contribution in [0.25, 0.3) is 5.57 Å². The number of nitrogens with zero attached hydrogens (tertiary/aromatic N) is 3. The molecule has 118 valence electrons. The minimum absolute atomic E-state index is 0.0589. The molecule has 0 spiro atoms. The summed E-state index contributed by atoms with van der Waals surface area (Å²) < 4.78 is 0. The summed E-state index contributed by atoms with van der Waals surface area (Å²) in [5, 5.41) is 0.621. The minimum Gasteiger partial charge on any atom is -0.302 e. The topological polar surface area (TPSA) is 46.1 Å². The number of hydrogen-bond donors (Lipinski definition) is 0. The first-order valence-corrected chi connectivity index (χ1v) is 8.49. The van der Waals surface area contributed by atoms with Gasteiger partial charge in [0, 0.05) is 18.0 Å². The van der Waals surface area contributed by atoms with Crippen LogP contribution in [0.5, 0.6) is 0 Å². The zero-order chi connectivity index (χ0) is 16.4. The van der Waals surface area contributed by atoms with Gasteiger partial charge in [-0.25, -0.2) is 9.97 Å². The molecule has 0 unspecified atom stereocenters. The van der Waals surface area contributed by atoms with Gasteiger partial charge in [0.15, 0.2) is 5.16 Å². The van der Waals surface area contributed by atoms with Gasteiger partial charge >= 0.3 is 0 Å². The second-order valence-electron chi connectivity index (χ2n) is 6.05. The van der Waals surface area contributed by atoms with E-state index in [4.69, 9.17) is 0 Å². The highest BCUT2D eigenvalue weighted by molar-refractivity contribution is 7.99. The number of hydrogen-bond acceptors (Lipinski definition) is 4. The van der Waals surface area contributed by atoms with Crippen molar-refractivity contribution in [1.29, 1.82) is 0 Å². The second-order valence-corrected chi connectivity index (χ2v) is 6.99. The standard InChI is InChI=1S/C18H19N3OS/c1-13-11-18(2,3)21(15-8-5-4-7-14(13)15)16(22)12-23-17-19-9-6-10-20-17/h4-11H,12H2,1-3H3. The zero-order valence-electron chi connectivity index (χ0n) is 13.5. The third-order valence-corrected chi connectivity index (χ3v) is 4.69. The molecule has 0 atom stereocenters. The van der Waals surface area contributed by atoms with Crippen LogP contribution in [0.15, 0.2) is 54.0 Å². The summed E-state index contributed by atoms with van der Waals surface area (Å²) in [7, 11) is 0. The summed E-state index contributed by atoms with van der Waals surface area (Å²) in [5.74, 6) is 0.373. The summed E-state index contributed by atoms with van der Waals surface area (Å²) >= 11 is 1.36. The molecule has 0 radical (unpaired) electrons. The van der Waals surface area contributed by atoms with Crippen molar-refractivity contribution in [2.45, 2.75) is 31.5 Å². The first kappa shape index (κ1) is 15.7. The van der Waals surface area contributed by atoms with Gasteiger partial charge < -0.3 is 4.90 Å². The molecular weight excluding hydrogens is 306 g/mol. The van der Waals surface area contributed by atoms with Gasteiger partial charge in [-0.2, -0.15) is 0 Å². The Morgan fingerprint density at radius 3 is 2.61 bits per heavy atom. The van der Waals surface area contributed by atoms with Crippen LogP contribution in [-0.4, -0.2) is 27.2 Å². The van der Waals surface area contributed by atoms with Crippen LogP contribution in [0.3, 0.4) is 0 Å². The second kappa shape index (κ2) is 6.16. The van der Waals surface area contributed by atoms with Crippen molar-refractivity contribution in [3.8, 4) is 0 Å². The van der Waals surface area contributed by atoms with Gasteiger partial charge in [-0.05, 0) is 38.5 Å². The quantitative estimate of drug-likeness (QED) is 0.636. The van der Waals surface area contributed by atoms with E-state index in [9.17, 15) is 4.79 Å². The maximum Gasteiger partial charge on any atom is 0.238 e. The summed E-state index contributed by atoms with van der Waals surface area (Å²) in [6, 6.07) is 9.81. The van der Waals surface area contributed by atoms with Crippen LogP contribution in [0, 0.1) is 0 Å². The molecule has 3 rings (SSSR count). The summed E-state index contributed by atoms with van der Waals surface area (Å²) in [4.78, 5) is 23.1. The fraction of sp³-hybridized carbons (Fsp3) is 0.278. The van der Waals surface area contributed by atoms with Crippen LogP contribution >= 0.6 is 11.8 Å². The predicted molar refractivity (Wildman–Crippen MR) is 94.4 cm³/mol. The van der Waals surface area contributed by atoms with E-state index in [2.05, 4.69) is 42.9 Å². The number of benzene rings is 1. The Labute approximate surface area is 140 Å². The van der Waals surface area contributed by atoms with E-state index in [0.717, 1.165) is 11.3 Å². The number of allylic oxidation sites excluding steroid dienone is 1. The highest BCUT2D eigenvalue weighted by Crippen LogP contribution is 2.39. The van der Waals surface area contributed by atoms with Crippen LogP contribution in [-0.2, 0) is 4.79 Å². The molecule has 1 aliphatic heterocycles. The van der Waals surface area contributed by atoms with Crippen LogP contribution in [0.2, 0.25) is 0 Å². The number of amides is 1. The fourth-order valence-corrected chi connectivity index (χ4v) is 3.64. The highest BCUT2D eigenvalue weighted by Gasteiger charge is 2.35. The monoisotopic (exact) mass is 325 g/mol. The van der Waals surface area contributed by atoms with E-state index in [1.54, 1.807) is 18.5 Å². The molecule has 5 heteroatoms. The van der Waals surface area contributed by atoms with Crippen molar-refractivity contribution >= 4 is 28.9 Å². The lowest BCUT2D eigenvalue weighted by Crippen LogP contribution is -2.49. The van der Waals surface area contributed by atoms with Gasteiger partial charge in [0.1, 0.15) is 0 Å². The maximum atomic E-state index is 12.9. The van der Waals surface area contributed by atoms with E-state index in [1.165, 1.54) is 17.3 Å². The average Bonchev–Trinajstić information content (AvgIpc) is 2.53. The summed E-state index contributed by atoms with van der Waals surface area (Å²) in [6.45, 7) is 6.22. The van der Waals surface area contributed by atoms with Crippen LogP contribution in [0.4, 0.5) is 5.69 Å². The lowest BCUT2D eigenvalue weighted by molar-refractivity contribution is -0.116. The Morgan fingerprint density at radius 1 is 1.17 bits per heavy atom. The third-order valence-electron chi connectivity index (χ3n) is 3.83. The van der Waals surface area contributed by atoms with E-state index in [0.29, 0.717) is 10.9 Å². The maximum absolute atomic E-state index is 12.9. The number of rotatable bonds is 3. The number of para-hydroxylation sites is 1. The molecule has 4 nitrogen and oxygen atoms in total. The van der Waals surface area contributed by atoms with Crippen LogP contribution < -0.4 is 4.90 Å². The fourth-order valence-electron chi connectivity index (χ4n) is 2.99. The Kier molecular flexibility index (Phi) is 4.22. The predicted octanol–water partition coefficient (Wildman–Crippen LogP) is 3.80. The molecule has 2 heterocycles. The van der Waals surface area contributed by atoms with Crippen molar-refractivity contribution in [3.05, 3.63) is 54.4 Å². The molecule has 1 aliphatic rings. The molecule has 0 N–H and O–H groups in total. The van der Waals surface area contributed by atoms with Gasteiger partial charge in [-0.1, -0.05) is 36.0 Å². The molecule has 0 fully saturated rings. The molecule has 23 heavy (non-hydrogen) atoms. The molecule has 0 saturated heterocycles. The lowest BCUT2D eigenvalue weighted by Gasteiger charge is -2.41. The van der Waals surface area contributed by atoms with E-state index < -0.39 is 0 Å². The van der Waals surface area contributed by atoms with Crippen molar-refractivity contribution < 1.29 is 4.79 Å². The Balaban J connectivity index is 1.87. The third kappa shape index (κ3) is 3.15. The molecule has 1 aromatic carbocycles. The SMILES string of the molecule is CC1=CC(C)(C)N(C(=O)CSc2ncccn2)c2ccccc21. The molecule has 2 aromatic rings. The molecule has 0 saturated carbocycles. The van der Waals surface area contributed by atoms with Crippen molar-refractivity contribution in [2.75, 3.05) is 10.7 Å². The van der Waals surface area contributed by atoms with Gasteiger partial charge in [-0.15, -0.1) is 0 Å². The number of fused-ring (bicyclic) bond motifs is 1. The number of carbonyl (C=O) groups is 1. The molecule has 0 aliphatic carbocycles. The molecule has 1 amide bonds. The summed E-state index contributed by atoms with van der Waals surface area (Å²) in [5.41, 5.74) is 2.93. The largest absolute Gasteiger partial charge is 0.302 e. The van der Waals surface area contributed by atoms with Crippen LogP contribution in [0.1, 0.15) is 26.3 Å². The van der Waals surface area contributed by atoms with Crippen molar-refractivity contribution in [3.63, 3.8) is 0 Å². The Bertz CT molecular complexity index is 756. The smallest absolute Gasteiger partial charge is 0.238 e. The average molecular weight is 325 g/mol. The number of carbonyl (C=O) groups excluding carboxylic acids is 1. The van der Waals surface area contributed by atoms with Crippen molar-refractivity contribution in [1.82, 2.24) is 9.97 Å². The normalized spacial score (nSPS) is 15.8. The Hall–Kier alpha value is -2.14. The summed E-state index contributed by atoms with van der Waals surface area (Å²) in [6.07, 6.45) is 5.52. The molecule has 0 bridgehead atoms. The number of aromatic nitrogens is 2. The van der Waals surface area contributed by atoms with Gasteiger partial charge in [0.2, 0.25) is 5.91 Å². The van der Waals surface area contributed by atoms with E-state index in [1.807, 2.05) is 23.1 Å². The Morgan fingerprint density at radius 2 is 1.87 bits per heavy atom. The van der Waals surface area contributed by atoms with E-state index >= 15 is 0 Å². The first-order valence-electron chi connectivity index (χ1n) is 7.51. The number of thioether (sulfide) groups is 1. The van der Waals surface area contributed by atoms with Gasteiger partial charge in [0.05, 0.1) is 17.0 Å². The first-order chi connectivity index (χ1) is 11.0.